The largest absolute Gasteiger partial charge is 0.506 e. The molecule has 0 saturated carbocycles. The number of phenols is 1. The second-order valence-electron chi connectivity index (χ2n) is 26.2. The molecule has 0 aromatic heterocycles. The quantitative estimate of drug-likeness (QED) is 0.00487. The van der Waals surface area contributed by atoms with E-state index in [1.54, 1.807) is 148 Å². The summed E-state index contributed by atoms with van der Waals surface area (Å²) in [6.45, 7) is 11.3. The van der Waals surface area contributed by atoms with Gasteiger partial charge in [-0.15, -0.1) is 0 Å². The number of ether oxygens (including phenoxy) is 3. The molecule has 0 fully saturated rings. The fourth-order valence-corrected chi connectivity index (χ4v) is 12.0. The Morgan fingerprint density at radius 3 is 1.40 bits per heavy atom. The monoisotopic (exact) mass is 1430 g/mol. The van der Waals surface area contributed by atoms with Crippen molar-refractivity contribution in [3.8, 4) is 5.75 Å². The number of halogens is 1. The van der Waals surface area contributed by atoms with E-state index in [9.17, 15) is 24.3 Å². The molecule has 0 spiro atoms. The first kappa shape index (κ1) is 78.1. The van der Waals surface area contributed by atoms with Crippen LogP contribution in [0.2, 0.25) is 5.02 Å². The van der Waals surface area contributed by atoms with Crippen molar-refractivity contribution in [3.05, 3.63) is 304 Å². The van der Waals surface area contributed by atoms with Gasteiger partial charge in [-0.05, 0) is 123 Å². The Kier molecular flexibility index (Phi) is 28.0. The molecule has 0 heterocycles. The minimum Gasteiger partial charge on any atom is -0.506 e. The number of aromatic hydroxyl groups is 1. The van der Waals surface area contributed by atoms with E-state index in [1.165, 1.54) is 19.1 Å². The van der Waals surface area contributed by atoms with Gasteiger partial charge in [0.15, 0.2) is 12.1 Å². The Bertz CT molecular complexity index is 4070. The molecule has 104 heavy (non-hydrogen) atoms. The molecule has 6 atom stereocenters. The number of carbonyl (C=O) groups is 9. The molecule has 8 aromatic carbocycles. The van der Waals surface area contributed by atoms with Gasteiger partial charge in [-0.1, -0.05) is 262 Å². The topological polar surface area (TPSA) is 286 Å². The van der Waals surface area contributed by atoms with Crippen LogP contribution in [0.1, 0.15) is 125 Å². The Balaban J connectivity index is 1.29. The summed E-state index contributed by atoms with van der Waals surface area (Å²) in [4.78, 5) is 136. The molecule has 8 aromatic rings. The van der Waals surface area contributed by atoms with E-state index < -0.39 is 125 Å². The van der Waals surface area contributed by atoms with Gasteiger partial charge >= 0.3 is 18.0 Å². The Hall–Kier alpha value is -11.6. The number of hydrogen-bond acceptors (Lipinski definition) is 13. The van der Waals surface area contributed by atoms with Crippen molar-refractivity contribution in [2.24, 2.45) is 5.92 Å². The Morgan fingerprint density at radius 1 is 0.500 bits per heavy atom. The molecule has 0 aliphatic rings. The van der Waals surface area contributed by atoms with Gasteiger partial charge in [0.2, 0.25) is 35.6 Å². The maximum atomic E-state index is 16.6. The number of allylic oxidation sites excluding steroid dienone is 3. The van der Waals surface area contributed by atoms with Crippen LogP contribution in [0, 0.1) is 5.92 Å². The number of unbranched alkanes of at least 4 members (excludes halogenated alkanes) is 1. The van der Waals surface area contributed by atoms with E-state index in [0.717, 1.165) is 12.1 Å². The van der Waals surface area contributed by atoms with Crippen LogP contribution in [0.5, 0.6) is 5.75 Å². The summed E-state index contributed by atoms with van der Waals surface area (Å²) in [5.74, 6) is -9.35. The second kappa shape index (κ2) is 37.3. The highest BCUT2D eigenvalue weighted by atomic mass is 35.5. The summed E-state index contributed by atoms with van der Waals surface area (Å²) in [5.41, 5.74) is -0.535. The lowest BCUT2D eigenvalue weighted by Crippen LogP contribution is -2.62. The van der Waals surface area contributed by atoms with Crippen molar-refractivity contribution in [1.82, 2.24) is 37.2 Å². The van der Waals surface area contributed by atoms with E-state index in [0.29, 0.717) is 51.8 Å². The molecule has 8 rings (SSSR count). The summed E-state index contributed by atoms with van der Waals surface area (Å²) in [7, 11) is 0. The van der Waals surface area contributed by atoms with Gasteiger partial charge in [-0.25, -0.2) is 14.4 Å². The van der Waals surface area contributed by atoms with Gasteiger partial charge in [0.25, 0.3) is 5.91 Å². The average Bonchev–Trinajstić information content (AvgIpc) is 0.759. The minimum absolute atomic E-state index is 0.112. The molecule has 21 heteroatoms. The predicted molar refractivity (Wildman–Crippen MR) is 397 cm³/mol. The lowest BCUT2D eigenvalue weighted by Gasteiger charge is -2.39. The maximum absolute atomic E-state index is 16.6. The van der Waals surface area contributed by atoms with Gasteiger partial charge in [-0.2, -0.15) is 0 Å². The number of phenolic OH excluding ortho intramolecular Hbond substituents is 1. The lowest BCUT2D eigenvalue weighted by molar-refractivity contribution is -0.168. The number of benzene rings is 8. The van der Waals surface area contributed by atoms with Crippen LogP contribution in [0.15, 0.2) is 255 Å². The number of carbonyl (C=O) groups excluding carboxylic acids is 9. The van der Waals surface area contributed by atoms with Crippen molar-refractivity contribution in [2.75, 3.05) is 0 Å². The fraction of sp³-hybridized carbons (Fsp3) is 0.265. The van der Waals surface area contributed by atoms with Crippen LogP contribution in [-0.4, -0.2) is 94.5 Å². The third kappa shape index (κ3) is 21.2. The van der Waals surface area contributed by atoms with Gasteiger partial charge in [0, 0.05) is 0 Å². The zero-order chi connectivity index (χ0) is 74.8. The molecule has 0 bridgehead atoms. The normalized spacial score (nSPS) is 13.4. The molecular weight excluding hydrogens is 1340 g/mol. The van der Waals surface area contributed by atoms with E-state index in [4.69, 9.17) is 25.8 Å². The number of hydrogen-bond donors (Lipinski definition) is 8. The summed E-state index contributed by atoms with van der Waals surface area (Å²) in [6.07, 6.45) is 3.36. The van der Waals surface area contributed by atoms with Gasteiger partial charge in [0.05, 0.1) is 11.4 Å². The first-order valence-corrected chi connectivity index (χ1v) is 34.6. The van der Waals surface area contributed by atoms with Crippen LogP contribution in [-0.2, 0) is 70.3 Å². The van der Waals surface area contributed by atoms with Crippen LogP contribution in [0.25, 0.3) is 0 Å². The van der Waals surface area contributed by atoms with E-state index in [-0.39, 0.29) is 22.9 Å². The lowest BCUT2D eigenvalue weighted by atomic mass is 9.76. The Morgan fingerprint density at radius 2 is 0.952 bits per heavy atom. The van der Waals surface area contributed by atoms with Gasteiger partial charge in [0.1, 0.15) is 47.2 Å². The highest BCUT2D eigenvalue weighted by molar-refractivity contribution is 6.32. The first-order valence-electron chi connectivity index (χ1n) is 34.3. The summed E-state index contributed by atoms with van der Waals surface area (Å²) in [6, 6.07) is 56.6. The molecule has 540 valence electrons. The molecule has 0 aliphatic heterocycles. The van der Waals surface area contributed by atoms with Gasteiger partial charge in [-0.3, -0.25) is 28.8 Å². The summed E-state index contributed by atoms with van der Waals surface area (Å²) < 4.78 is 17.9. The highest BCUT2D eigenvalue weighted by Crippen LogP contribution is 2.39. The average molecular weight is 1430 g/mol. The number of rotatable bonds is 32. The van der Waals surface area contributed by atoms with E-state index in [2.05, 4.69) is 37.2 Å². The smallest absolute Gasteiger partial charge is 0.408 e. The first-order chi connectivity index (χ1) is 49.9. The zero-order valence-electron chi connectivity index (χ0n) is 59.0. The van der Waals surface area contributed by atoms with Crippen molar-refractivity contribution >= 4 is 65.1 Å². The number of alkyl carbamates (subject to hydrolysis) is 1. The molecule has 7 amide bonds. The van der Waals surface area contributed by atoms with Crippen LogP contribution in [0.3, 0.4) is 0 Å². The van der Waals surface area contributed by atoms with Crippen molar-refractivity contribution in [2.45, 2.75) is 134 Å². The van der Waals surface area contributed by atoms with Crippen LogP contribution in [0.4, 0.5) is 4.79 Å². The van der Waals surface area contributed by atoms with E-state index >= 15 is 24.0 Å². The number of amides is 7. The predicted octanol–water partition coefficient (Wildman–Crippen LogP) is 11.8. The standard InChI is InChI=1S/C83H88ClN7O13/c1-8-9-10-11-33-48-69(93)86-67(53-70(94)90-82(59-36-21-13-22-37-59,60-38-23-14-24-39-60)61-40-25-15-26-41-61)76(97)89-72(78(99)102-54-57-34-19-12-20-35-57)73(77(98)91-83(62-42-27-16-28-43-62,63-44-29-17-30-45-63)64-46-31-18-32-47-64)103-79(100)71(58-49-50-68(92)65(84)52-58)88-74(95)56(4)85-75(96)66(51-55(2)3)87-80(101)104-81(5,6)7/h8-9,12-50,52,55-56,66-67,71-73,92H,10-11,51,53-54H2,1-7H3,(H,85,96)(H,86,93)(H,87,101)(H,88,95)(H,89,97)(H,90,94)(H,91,98)/b9-8-,48-33+/t56-,66+,67+,71+,72+,73+/m1/s1. The van der Waals surface area contributed by atoms with Crippen LogP contribution < -0.4 is 37.2 Å². The van der Waals surface area contributed by atoms with E-state index in [1.807, 2.05) is 124 Å². The number of esters is 2. The fourth-order valence-electron chi connectivity index (χ4n) is 11.8. The molecule has 20 nitrogen and oxygen atoms in total. The van der Waals surface area contributed by atoms with Gasteiger partial charge < -0.3 is 56.5 Å². The van der Waals surface area contributed by atoms with Crippen molar-refractivity contribution in [1.29, 1.82) is 0 Å². The Labute approximate surface area is 611 Å². The minimum atomic E-state index is -2.55. The third-order valence-electron chi connectivity index (χ3n) is 16.8. The zero-order valence-corrected chi connectivity index (χ0v) is 59.8. The third-order valence-corrected chi connectivity index (χ3v) is 17.1. The number of nitrogens with one attached hydrogen (secondary N) is 7. The van der Waals surface area contributed by atoms with Crippen molar-refractivity contribution in [3.63, 3.8) is 0 Å². The molecule has 0 aliphatic carbocycles. The summed E-state index contributed by atoms with van der Waals surface area (Å²) >= 11 is 6.55. The maximum Gasteiger partial charge on any atom is 0.408 e. The van der Waals surface area contributed by atoms with Crippen molar-refractivity contribution < 1.29 is 62.5 Å². The molecular formula is C83H88ClN7O13. The highest BCUT2D eigenvalue weighted by Gasteiger charge is 2.48. The second-order valence-corrected chi connectivity index (χ2v) is 26.6. The molecule has 0 radical (unpaired) electrons. The van der Waals surface area contributed by atoms with Crippen LogP contribution >= 0.6 is 11.6 Å². The molecule has 8 N–H and O–H groups in total. The molecule has 0 saturated heterocycles. The SMILES string of the molecule is C/C=C\CC/C=C/C(=O)N[C@@H](CC(=O)NC(c1ccccc1)(c1ccccc1)c1ccccc1)C(=O)N[C@H](C(=O)OCc1ccccc1)[C@H](OC(=O)[C@@H](NC(=O)[C@@H](C)NC(=O)[C@H](CC(C)C)NC(=O)OC(C)(C)C)c1ccc(O)c(Cl)c1)C(=O)NC(c1ccccc1)(c1ccccc1)c1ccccc1. The molecule has 0 unspecified atom stereocenters. The summed E-state index contributed by atoms with van der Waals surface area (Å²) in [5, 5.41) is 29.9.